The second kappa shape index (κ2) is 6.31. The first-order chi connectivity index (χ1) is 10.2. The molecule has 1 aliphatic rings. The van der Waals surface area contributed by atoms with E-state index < -0.39 is 0 Å². The molecule has 1 N–H and O–H groups in total. The number of nitrogens with zero attached hydrogens (tertiary/aromatic N) is 2. The fourth-order valence-corrected chi connectivity index (χ4v) is 2.84. The molecule has 1 atom stereocenters. The molecule has 0 aliphatic carbocycles. The Kier molecular flexibility index (Phi) is 4.25. The molecule has 3 rings (SSSR count). The lowest BCUT2D eigenvalue weighted by Crippen LogP contribution is -2.28. The highest BCUT2D eigenvalue weighted by molar-refractivity contribution is 5.39. The Morgan fingerprint density at radius 3 is 2.71 bits per heavy atom. The van der Waals surface area contributed by atoms with Crippen LogP contribution in [0.5, 0.6) is 5.75 Å². The first kappa shape index (κ1) is 14.1. The summed E-state index contributed by atoms with van der Waals surface area (Å²) in [5.41, 5.74) is 2.37. The van der Waals surface area contributed by atoms with Gasteiger partial charge in [0.1, 0.15) is 5.75 Å². The number of ether oxygens (including phenoxy) is 1. The van der Waals surface area contributed by atoms with E-state index in [2.05, 4.69) is 27.0 Å². The van der Waals surface area contributed by atoms with Crippen molar-refractivity contribution in [2.45, 2.75) is 45.3 Å². The van der Waals surface area contributed by atoms with Crippen LogP contribution in [0.1, 0.15) is 44.8 Å². The minimum atomic E-state index is 0.200. The van der Waals surface area contributed by atoms with Crippen LogP contribution in [0.3, 0.4) is 0 Å². The number of piperidine rings is 1. The molecule has 0 amide bonds. The highest BCUT2D eigenvalue weighted by Gasteiger charge is 2.18. The molecule has 0 radical (unpaired) electrons. The Bertz CT molecular complexity index is 568. The summed E-state index contributed by atoms with van der Waals surface area (Å²) in [6.45, 7) is 5.17. The zero-order valence-electron chi connectivity index (χ0n) is 12.7. The topological polar surface area (TPSA) is 39.1 Å². The van der Waals surface area contributed by atoms with Gasteiger partial charge in [-0.3, -0.25) is 0 Å². The summed E-state index contributed by atoms with van der Waals surface area (Å²) in [7, 11) is 0. The van der Waals surface area contributed by atoms with Crippen LogP contribution in [0.2, 0.25) is 0 Å². The van der Waals surface area contributed by atoms with Crippen LogP contribution in [0, 0.1) is 0 Å². The second-order valence-electron chi connectivity index (χ2n) is 5.85. The maximum absolute atomic E-state index is 5.70. The summed E-state index contributed by atoms with van der Waals surface area (Å²) in [5, 5.41) is 3.58. The summed E-state index contributed by atoms with van der Waals surface area (Å²) in [6.07, 6.45) is 7.80. The van der Waals surface area contributed by atoms with Crippen LogP contribution in [-0.2, 0) is 0 Å². The SMILES string of the molecule is CC(C)Oc1ccc(-n2cncc2C2CCCCN2)cc1. The number of imidazole rings is 1. The van der Waals surface area contributed by atoms with Crippen molar-refractivity contribution in [2.24, 2.45) is 0 Å². The largest absolute Gasteiger partial charge is 0.491 e. The van der Waals surface area contributed by atoms with E-state index in [1.807, 2.05) is 38.5 Å². The van der Waals surface area contributed by atoms with Gasteiger partial charge in [0, 0.05) is 11.7 Å². The lowest BCUT2D eigenvalue weighted by molar-refractivity contribution is 0.242. The molecule has 1 unspecified atom stereocenters. The third-order valence-electron chi connectivity index (χ3n) is 3.82. The van der Waals surface area contributed by atoms with Gasteiger partial charge in [0.25, 0.3) is 0 Å². The van der Waals surface area contributed by atoms with Gasteiger partial charge in [-0.2, -0.15) is 0 Å². The molecule has 4 heteroatoms. The van der Waals surface area contributed by atoms with Crippen molar-refractivity contribution in [3.8, 4) is 11.4 Å². The van der Waals surface area contributed by atoms with Gasteiger partial charge in [0.05, 0.1) is 24.3 Å². The Morgan fingerprint density at radius 1 is 1.24 bits per heavy atom. The van der Waals surface area contributed by atoms with Gasteiger partial charge >= 0.3 is 0 Å². The van der Waals surface area contributed by atoms with Gasteiger partial charge in [-0.25, -0.2) is 4.98 Å². The molecule has 2 heterocycles. The maximum atomic E-state index is 5.70. The molecular weight excluding hydrogens is 262 g/mol. The summed E-state index contributed by atoms with van der Waals surface area (Å²) in [5.74, 6) is 0.909. The van der Waals surface area contributed by atoms with Crippen LogP contribution in [0.4, 0.5) is 0 Å². The standard InChI is InChI=1S/C17H23N3O/c1-13(2)21-15-8-6-14(7-9-15)20-12-18-11-17(20)16-5-3-4-10-19-16/h6-9,11-13,16,19H,3-5,10H2,1-2H3. The summed E-state index contributed by atoms with van der Waals surface area (Å²) in [6, 6.07) is 8.63. The van der Waals surface area contributed by atoms with Crippen LogP contribution in [0.25, 0.3) is 5.69 Å². The normalized spacial score (nSPS) is 18.9. The first-order valence-electron chi connectivity index (χ1n) is 7.77. The van der Waals surface area contributed by atoms with Gasteiger partial charge in [-0.1, -0.05) is 6.42 Å². The first-order valence-corrected chi connectivity index (χ1v) is 7.77. The van der Waals surface area contributed by atoms with Crippen LogP contribution >= 0.6 is 0 Å². The Balaban J connectivity index is 1.82. The quantitative estimate of drug-likeness (QED) is 0.935. The monoisotopic (exact) mass is 285 g/mol. The highest BCUT2D eigenvalue weighted by Crippen LogP contribution is 2.25. The molecule has 0 spiro atoms. The number of nitrogens with one attached hydrogen (secondary N) is 1. The predicted molar refractivity (Wildman–Crippen MR) is 83.9 cm³/mol. The third kappa shape index (κ3) is 3.27. The average molecular weight is 285 g/mol. The van der Waals surface area contributed by atoms with Crippen molar-refractivity contribution in [2.75, 3.05) is 6.54 Å². The van der Waals surface area contributed by atoms with Gasteiger partial charge in [-0.15, -0.1) is 0 Å². The minimum absolute atomic E-state index is 0.200. The summed E-state index contributed by atoms with van der Waals surface area (Å²) in [4.78, 5) is 4.34. The van der Waals surface area contributed by atoms with E-state index in [-0.39, 0.29) is 6.10 Å². The number of aromatic nitrogens is 2. The fourth-order valence-electron chi connectivity index (χ4n) is 2.84. The molecule has 1 aromatic carbocycles. The van der Waals surface area contributed by atoms with E-state index in [4.69, 9.17) is 4.74 Å². The van der Waals surface area contributed by atoms with Crippen LogP contribution in [-0.4, -0.2) is 22.2 Å². The zero-order valence-corrected chi connectivity index (χ0v) is 12.7. The third-order valence-corrected chi connectivity index (χ3v) is 3.82. The van der Waals surface area contributed by atoms with Crippen molar-refractivity contribution in [1.29, 1.82) is 0 Å². The number of benzene rings is 1. The average Bonchev–Trinajstić information content (AvgIpc) is 2.98. The van der Waals surface area contributed by atoms with E-state index in [0.717, 1.165) is 18.0 Å². The molecular formula is C17H23N3O. The van der Waals surface area contributed by atoms with Crippen LogP contribution in [0.15, 0.2) is 36.8 Å². The molecule has 112 valence electrons. The molecule has 1 saturated heterocycles. The lowest BCUT2D eigenvalue weighted by Gasteiger charge is -2.24. The number of hydrogen-bond donors (Lipinski definition) is 1. The lowest BCUT2D eigenvalue weighted by atomic mass is 10.0. The van der Waals surface area contributed by atoms with Crippen molar-refractivity contribution in [3.63, 3.8) is 0 Å². The van der Waals surface area contributed by atoms with E-state index in [9.17, 15) is 0 Å². The van der Waals surface area contributed by atoms with E-state index in [1.54, 1.807) is 0 Å². The zero-order chi connectivity index (χ0) is 14.7. The van der Waals surface area contributed by atoms with E-state index in [1.165, 1.54) is 25.0 Å². The van der Waals surface area contributed by atoms with Gasteiger partial charge in [0.2, 0.25) is 0 Å². The minimum Gasteiger partial charge on any atom is -0.491 e. The van der Waals surface area contributed by atoms with Crippen molar-refractivity contribution >= 4 is 0 Å². The Morgan fingerprint density at radius 2 is 2.05 bits per heavy atom. The predicted octanol–water partition coefficient (Wildman–Crippen LogP) is 3.47. The molecule has 1 aliphatic heterocycles. The summed E-state index contributed by atoms with van der Waals surface area (Å²) >= 11 is 0. The van der Waals surface area contributed by atoms with E-state index in [0.29, 0.717) is 6.04 Å². The molecule has 4 nitrogen and oxygen atoms in total. The molecule has 2 aromatic rings. The van der Waals surface area contributed by atoms with Crippen molar-refractivity contribution in [3.05, 3.63) is 42.5 Å². The van der Waals surface area contributed by atoms with Gasteiger partial charge in [-0.05, 0) is 57.5 Å². The molecule has 21 heavy (non-hydrogen) atoms. The molecule has 1 aromatic heterocycles. The molecule has 0 saturated carbocycles. The van der Waals surface area contributed by atoms with Crippen LogP contribution < -0.4 is 10.1 Å². The van der Waals surface area contributed by atoms with Gasteiger partial charge in [0.15, 0.2) is 0 Å². The highest BCUT2D eigenvalue weighted by atomic mass is 16.5. The van der Waals surface area contributed by atoms with Crippen molar-refractivity contribution in [1.82, 2.24) is 14.9 Å². The number of rotatable bonds is 4. The summed E-state index contributed by atoms with van der Waals surface area (Å²) < 4.78 is 7.86. The second-order valence-corrected chi connectivity index (χ2v) is 5.85. The smallest absolute Gasteiger partial charge is 0.119 e. The van der Waals surface area contributed by atoms with E-state index >= 15 is 0 Å². The molecule has 0 bridgehead atoms. The number of hydrogen-bond acceptors (Lipinski definition) is 3. The maximum Gasteiger partial charge on any atom is 0.119 e. The molecule has 1 fully saturated rings. The van der Waals surface area contributed by atoms with Crippen molar-refractivity contribution < 1.29 is 4.74 Å². The Labute approximate surface area is 126 Å². The fraction of sp³-hybridized carbons (Fsp3) is 0.471. The Hall–Kier alpha value is -1.81. The van der Waals surface area contributed by atoms with Gasteiger partial charge < -0.3 is 14.6 Å².